The zero-order valence-electron chi connectivity index (χ0n) is 13.4. The zero-order valence-corrected chi connectivity index (χ0v) is 13.4. The first kappa shape index (κ1) is 16.7. The SMILES string of the molecule is CC(=O)/C=C/[C@H]1OC(C)(C)N(C(=O)OC(C)(C)C)[C@@H]1C. The van der Waals surface area contributed by atoms with E-state index in [4.69, 9.17) is 9.47 Å². The molecule has 1 heterocycles. The molecule has 0 spiro atoms. The molecule has 0 aromatic rings. The van der Waals surface area contributed by atoms with Crippen molar-refractivity contribution in [1.82, 2.24) is 4.90 Å². The summed E-state index contributed by atoms with van der Waals surface area (Å²) >= 11 is 0. The number of rotatable bonds is 2. The van der Waals surface area contributed by atoms with Gasteiger partial charge in [0.2, 0.25) is 0 Å². The summed E-state index contributed by atoms with van der Waals surface area (Å²) in [4.78, 5) is 24.9. The van der Waals surface area contributed by atoms with Crippen molar-refractivity contribution < 1.29 is 19.1 Å². The second-order valence-corrected chi connectivity index (χ2v) is 6.59. The lowest BCUT2D eigenvalue weighted by molar-refractivity contribution is -0.112. The maximum atomic E-state index is 12.3. The number of allylic oxidation sites excluding steroid dienone is 1. The van der Waals surface area contributed by atoms with Crippen LogP contribution in [0.25, 0.3) is 0 Å². The van der Waals surface area contributed by atoms with E-state index in [0.717, 1.165) is 0 Å². The summed E-state index contributed by atoms with van der Waals surface area (Å²) in [5.74, 6) is -0.0469. The van der Waals surface area contributed by atoms with E-state index in [2.05, 4.69) is 0 Å². The molecule has 1 fully saturated rings. The number of carbonyl (C=O) groups is 2. The van der Waals surface area contributed by atoms with E-state index in [1.54, 1.807) is 11.0 Å². The predicted molar refractivity (Wildman–Crippen MR) is 76.3 cm³/mol. The van der Waals surface area contributed by atoms with Gasteiger partial charge >= 0.3 is 6.09 Å². The number of hydrogen-bond donors (Lipinski definition) is 0. The molecule has 0 aromatic carbocycles. The van der Waals surface area contributed by atoms with Gasteiger partial charge in [0.15, 0.2) is 5.78 Å². The quantitative estimate of drug-likeness (QED) is 0.731. The lowest BCUT2D eigenvalue weighted by Gasteiger charge is -2.34. The average Bonchev–Trinajstić information content (AvgIpc) is 2.42. The number of hydrogen-bond acceptors (Lipinski definition) is 4. The van der Waals surface area contributed by atoms with E-state index >= 15 is 0 Å². The molecule has 0 bridgehead atoms. The van der Waals surface area contributed by atoms with Crippen LogP contribution in [0, 0.1) is 0 Å². The Hall–Kier alpha value is -1.36. The van der Waals surface area contributed by atoms with E-state index in [1.807, 2.05) is 41.5 Å². The third-order valence-corrected chi connectivity index (χ3v) is 3.00. The van der Waals surface area contributed by atoms with Gasteiger partial charge < -0.3 is 9.47 Å². The number of ketones is 1. The average molecular weight is 283 g/mol. The molecule has 0 aromatic heterocycles. The van der Waals surface area contributed by atoms with Crippen LogP contribution in [-0.4, -0.2) is 40.2 Å². The summed E-state index contributed by atoms with van der Waals surface area (Å²) in [5.41, 5.74) is -1.33. The zero-order chi connectivity index (χ0) is 15.7. The van der Waals surface area contributed by atoms with Crippen LogP contribution >= 0.6 is 0 Å². The van der Waals surface area contributed by atoms with Gasteiger partial charge in [0, 0.05) is 0 Å². The Morgan fingerprint density at radius 1 is 1.30 bits per heavy atom. The summed E-state index contributed by atoms with van der Waals surface area (Å²) in [6.07, 6.45) is 2.43. The summed E-state index contributed by atoms with van der Waals surface area (Å²) in [6.45, 7) is 12.5. The van der Waals surface area contributed by atoms with Gasteiger partial charge in [-0.05, 0) is 54.5 Å². The molecule has 1 aliphatic heterocycles. The molecule has 0 N–H and O–H groups in total. The molecule has 0 unspecified atom stereocenters. The van der Waals surface area contributed by atoms with Crippen molar-refractivity contribution in [2.24, 2.45) is 0 Å². The number of ether oxygens (including phenoxy) is 2. The topological polar surface area (TPSA) is 55.8 Å². The number of carbonyl (C=O) groups excluding carboxylic acids is 2. The fraction of sp³-hybridized carbons (Fsp3) is 0.733. The minimum absolute atomic E-state index is 0.0469. The molecule has 2 atom stereocenters. The molecule has 0 saturated carbocycles. The van der Waals surface area contributed by atoms with Crippen LogP contribution in [-0.2, 0) is 14.3 Å². The first-order valence-corrected chi connectivity index (χ1v) is 6.83. The Kier molecular flexibility index (Phi) is 4.64. The van der Waals surface area contributed by atoms with Gasteiger partial charge in [-0.3, -0.25) is 9.69 Å². The van der Waals surface area contributed by atoms with Crippen molar-refractivity contribution in [3.63, 3.8) is 0 Å². The maximum absolute atomic E-state index is 12.3. The lowest BCUT2D eigenvalue weighted by Crippen LogP contribution is -2.49. The summed E-state index contributed by atoms with van der Waals surface area (Å²) < 4.78 is 11.3. The van der Waals surface area contributed by atoms with Crippen molar-refractivity contribution in [1.29, 1.82) is 0 Å². The standard InChI is InChI=1S/C15H25NO4/c1-10(17)8-9-12-11(2)16(15(6,7)19-12)13(18)20-14(3,4)5/h8-9,11-12H,1-7H3/b9-8+/t11-,12-/m1/s1. The molecule has 0 radical (unpaired) electrons. The van der Waals surface area contributed by atoms with Crippen LogP contribution in [0.15, 0.2) is 12.2 Å². The highest BCUT2D eigenvalue weighted by Crippen LogP contribution is 2.34. The van der Waals surface area contributed by atoms with Crippen molar-refractivity contribution in [2.75, 3.05) is 0 Å². The minimum Gasteiger partial charge on any atom is -0.444 e. The third kappa shape index (κ3) is 4.07. The van der Waals surface area contributed by atoms with E-state index in [9.17, 15) is 9.59 Å². The van der Waals surface area contributed by atoms with E-state index in [-0.39, 0.29) is 17.9 Å². The van der Waals surface area contributed by atoms with E-state index in [1.165, 1.54) is 13.0 Å². The Balaban J connectivity index is 2.91. The Bertz CT molecular complexity index is 420. The van der Waals surface area contributed by atoms with E-state index < -0.39 is 17.4 Å². The second-order valence-electron chi connectivity index (χ2n) is 6.59. The van der Waals surface area contributed by atoms with Gasteiger partial charge in [0.05, 0.1) is 12.1 Å². The molecule has 1 aliphatic rings. The molecule has 1 rings (SSSR count). The van der Waals surface area contributed by atoms with Gasteiger partial charge in [-0.1, -0.05) is 6.08 Å². The van der Waals surface area contributed by atoms with Crippen LogP contribution in [0.4, 0.5) is 4.79 Å². The predicted octanol–water partition coefficient (Wildman–Crippen LogP) is 2.89. The Morgan fingerprint density at radius 2 is 1.85 bits per heavy atom. The van der Waals surface area contributed by atoms with Crippen LogP contribution in [0.3, 0.4) is 0 Å². The monoisotopic (exact) mass is 283 g/mol. The van der Waals surface area contributed by atoms with Crippen molar-refractivity contribution in [3.05, 3.63) is 12.2 Å². The molecular formula is C15H25NO4. The number of nitrogens with zero attached hydrogens (tertiary/aromatic N) is 1. The summed E-state index contributed by atoms with van der Waals surface area (Å²) in [6, 6.07) is -0.199. The molecule has 1 saturated heterocycles. The summed E-state index contributed by atoms with van der Waals surface area (Å²) in [7, 11) is 0. The van der Waals surface area contributed by atoms with Crippen LogP contribution in [0.5, 0.6) is 0 Å². The van der Waals surface area contributed by atoms with Gasteiger partial charge in [0.25, 0.3) is 0 Å². The fourth-order valence-corrected chi connectivity index (χ4v) is 2.25. The summed E-state index contributed by atoms with van der Waals surface area (Å²) in [5, 5.41) is 0. The Labute approximate surface area is 120 Å². The minimum atomic E-state index is -0.770. The highest BCUT2D eigenvalue weighted by Gasteiger charge is 2.48. The lowest BCUT2D eigenvalue weighted by atomic mass is 10.1. The molecule has 114 valence electrons. The normalized spacial score (nSPS) is 26.1. The third-order valence-electron chi connectivity index (χ3n) is 3.00. The van der Waals surface area contributed by atoms with Crippen molar-refractivity contribution >= 4 is 11.9 Å². The fourth-order valence-electron chi connectivity index (χ4n) is 2.25. The van der Waals surface area contributed by atoms with Gasteiger partial charge in [-0.25, -0.2) is 4.79 Å². The van der Waals surface area contributed by atoms with Gasteiger partial charge in [-0.15, -0.1) is 0 Å². The molecule has 0 aliphatic carbocycles. The molecule has 20 heavy (non-hydrogen) atoms. The highest BCUT2D eigenvalue weighted by molar-refractivity contribution is 5.87. The van der Waals surface area contributed by atoms with Gasteiger partial charge in [-0.2, -0.15) is 0 Å². The van der Waals surface area contributed by atoms with E-state index in [0.29, 0.717) is 0 Å². The van der Waals surface area contributed by atoms with Crippen molar-refractivity contribution in [3.8, 4) is 0 Å². The second kappa shape index (κ2) is 5.56. The molecule has 5 nitrogen and oxygen atoms in total. The van der Waals surface area contributed by atoms with Crippen LogP contribution in [0.2, 0.25) is 0 Å². The van der Waals surface area contributed by atoms with Gasteiger partial charge in [0.1, 0.15) is 11.3 Å². The molecule has 5 heteroatoms. The Morgan fingerprint density at radius 3 is 2.30 bits per heavy atom. The smallest absolute Gasteiger partial charge is 0.412 e. The maximum Gasteiger partial charge on any atom is 0.412 e. The molecule has 1 amide bonds. The molecular weight excluding hydrogens is 258 g/mol. The van der Waals surface area contributed by atoms with Crippen LogP contribution in [0.1, 0.15) is 48.5 Å². The first-order chi connectivity index (χ1) is 8.94. The first-order valence-electron chi connectivity index (χ1n) is 6.83. The number of amides is 1. The largest absolute Gasteiger partial charge is 0.444 e. The highest BCUT2D eigenvalue weighted by atomic mass is 16.6. The van der Waals surface area contributed by atoms with Crippen LogP contribution < -0.4 is 0 Å². The van der Waals surface area contributed by atoms with Crippen molar-refractivity contribution in [2.45, 2.75) is 71.9 Å².